The maximum absolute atomic E-state index is 12.7. The normalized spacial score (nSPS) is 14.8. The molecule has 1 aliphatic carbocycles. The van der Waals surface area contributed by atoms with Crippen molar-refractivity contribution in [1.82, 2.24) is 15.5 Å². The maximum atomic E-state index is 12.7. The summed E-state index contributed by atoms with van der Waals surface area (Å²) in [5.41, 5.74) is -0.361. The molecule has 0 saturated heterocycles. The zero-order chi connectivity index (χ0) is 22.7. The van der Waals surface area contributed by atoms with Crippen LogP contribution in [0.5, 0.6) is 17.2 Å². The zero-order valence-electron chi connectivity index (χ0n) is 20.0. The lowest BCUT2D eigenvalue weighted by Gasteiger charge is -2.29. The predicted molar refractivity (Wildman–Crippen MR) is 139 cm³/mol. The summed E-state index contributed by atoms with van der Waals surface area (Å²) >= 11 is 0. The third-order valence-electron chi connectivity index (χ3n) is 5.51. The molecule has 8 nitrogen and oxygen atoms in total. The summed E-state index contributed by atoms with van der Waals surface area (Å²) in [6.07, 6.45) is 4.79. The van der Waals surface area contributed by atoms with Crippen LogP contribution in [-0.2, 0) is 4.79 Å². The van der Waals surface area contributed by atoms with E-state index in [0.29, 0.717) is 36.9 Å². The van der Waals surface area contributed by atoms with E-state index < -0.39 is 0 Å². The molecule has 0 heterocycles. The van der Waals surface area contributed by atoms with Gasteiger partial charge in [-0.3, -0.25) is 9.79 Å². The third kappa shape index (κ3) is 8.22. The molecular formula is C23H39IN4O4. The molecule has 1 aromatic rings. The maximum Gasteiger partial charge on any atom is 0.230 e. The highest BCUT2D eigenvalue weighted by molar-refractivity contribution is 14.0. The van der Waals surface area contributed by atoms with Crippen LogP contribution in [0, 0.1) is 5.41 Å². The van der Waals surface area contributed by atoms with Gasteiger partial charge < -0.3 is 29.7 Å². The molecule has 9 heteroatoms. The Morgan fingerprint density at radius 3 is 2.19 bits per heavy atom. The van der Waals surface area contributed by atoms with E-state index in [2.05, 4.69) is 10.6 Å². The SMILES string of the molecule is CCNC(=NCC1(C(=O)N(C)C)CCCC1)NCCCOc1cc(OC)cc(OC)c1.I. The van der Waals surface area contributed by atoms with Gasteiger partial charge in [0.25, 0.3) is 0 Å². The van der Waals surface area contributed by atoms with Gasteiger partial charge in [0, 0.05) is 45.4 Å². The van der Waals surface area contributed by atoms with Gasteiger partial charge in [0.15, 0.2) is 5.96 Å². The summed E-state index contributed by atoms with van der Waals surface area (Å²) < 4.78 is 16.4. The number of methoxy groups -OCH3 is 2. The Bertz CT molecular complexity index is 714. The Balaban J connectivity index is 0.00000512. The lowest BCUT2D eigenvalue weighted by molar-refractivity contribution is -0.138. The number of ether oxygens (including phenoxy) is 3. The number of rotatable bonds is 11. The van der Waals surface area contributed by atoms with Gasteiger partial charge in [-0.2, -0.15) is 0 Å². The third-order valence-corrected chi connectivity index (χ3v) is 5.51. The topological polar surface area (TPSA) is 84.4 Å². The van der Waals surface area contributed by atoms with Gasteiger partial charge in [0.1, 0.15) is 17.2 Å². The highest BCUT2D eigenvalue weighted by Gasteiger charge is 2.42. The van der Waals surface area contributed by atoms with Crippen LogP contribution < -0.4 is 24.8 Å². The summed E-state index contributed by atoms with van der Waals surface area (Å²) in [7, 11) is 6.89. The number of hydrogen-bond donors (Lipinski definition) is 2. The Hall–Kier alpha value is -1.91. The lowest BCUT2D eigenvalue weighted by Crippen LogP contribution is -2.43. The number of benzene rings is 1. The Kier molecular flexibility index (Phi) is 12.6. The predicted octanol–water partition coefficient (Wildman–Crippen LogP) is 3.29. The number of carbonyl (C=O) groups is 1. The second-order valence-electron chi connectivity index (χ2n) is 8.06. The molecule has 1 aliphatic rings. The number of amides is 1. The van der Waals surface area contributed by atoms with Crippen molar-refractivity contribution >= 4 is 35.8 Å². The molecule has 0 aromatic heterocycles. The van der Waals surface area contributed by atoms with E-state index in [-0.39, 0.29) is 35.3 Å². The largest absolute Gasteiger partial charge is 0.496 e. The van der Waals surface area contributed by atoms with Crippen molar-refractivity contribution in [2.45, 2.75) is 39.0 Å². The summed E-state index contributed by atoms with van der Waals surface area (Å²) in [4.78, 5) is 19.2. The molecule has 1 saturated carbocycles. The van der Waals surface area contributed by atoms with Crippen LogP contribution >= 0.6 is 24.0 Å². The summed E-state index contributed by atoms with van der Waals surface area (Å²) in [5.74, 6) is 3.03. The van der Waals surface area contributed by atoms with Crippen LogP contribution in [0.1, 0.15) is 39.0 Å². The highest BCUT2D eigenvalue weighted by Crippen LogP contribution is 2.39. The number of aliphatic imine (C=N–C) groups is 1. The fourth-order valence-electron chi connectivity index (χ4n) is 3.87. The minimum atomic E-state index is -0.361. The highest BCUT2D eigenvalue weighted by atomic mass is 127. The number of halogens is 1. The fourth-order valence-corrected chi connectivity index (χ4v) is 3.87. The Morgan fingerprint density at radius 2 is 1.66 bits per heavy atom. The van der Waals surface area contributed by atoms with E-state index >= 15 is 0 Å². The first kappa shape index (κ1) is 28.1. The summed E-state index contributed by atoms with van der Waals surface area (Å²) in [6, 6.07) is 5.49. The number of guanidine groups is 1. The molecule has 0 aliphatic heterocycles. The summed E-state index contributed by atoms with van der Waals surface area (Å²) in [6.45, 7) is 4.57. The molecular weight excluding hydrogens is 523 g/mol. The number of nitrogens with one attached hydrogen (secondary N) is 2. The number of nitrogens with zero attached hydrogens (tertiary/aromatic N) is 2. The minimum absolute atomic E-state index is 0. The molecule has 1 aromatic carbocycles. The molecule has 1 amide bonds. The Morgan fingerprint density at radius 1 is 1.06 bits per heavy atom. The molecule has 0 atom stereocenters. The lowest BCUT2D eigenvalue weighted by atomic mass is 9.85. The van der Waals surface area contributed by atoms with Crippen molar-refractivity contribution in [2.24, 2.45) is 10.4 Å². The van der Waals surface area contributed by atoms with Crippen molar-refractivity contribution < 1.29 is 19.0 Å². The number of carbonyl (C=O) groups excluding carboxylic acids is 1. The molecule has 32 heavy (non-hydrogen) atoms. The van der Waals surface area contributed by atoms with Crippen LogP contribution in [0.3, 0.4) is 0 Å². The van der Waals surface area contributed by atoms with E-state index in [1.807, 2.05) is 39.2 Å². The van der Waals surface area contributed by atoms with Gasteiger partial charge in [-0.1, -0.05) is 12.8 Å². The van der Waals surface area contributed by atoms with E-state index in [0.717, 1.165) is 44.6 Å². The average molecular weight is 562 g/mol. The molecule has 2 N–H and O–H groups in total. The molecule has 1 fully saturated rings. The molecule has 0 radical (unpaired) electrons. The zero-order valence-corrected chi connectivity index (χ0v) is 22.4. The first-order valence-electron chi connectivity index (χ1n) is 11.0. The van der Waals surface area contributed by atoms with Gasteiger partial charge >= 0.3 is 0 Å². The standard InChI is InChI=1S/C23H38N4O4.HI/c1-6-24-22(26-17-23(10-7-8-11-23)21(28)27(2)3)25-12-9-13-31-20-15-18(29-4)14-19(16-20)30-5;/h14-16H,6-13,17H2,1-5H3,(H2,24,25,26);1H. The second-order valence-corrected chi connectivity index (χ2v) is 8.06. The first-order chi connectivity index (χ1) is 14.9. The summed E-state index contributed by atoms with van der Waals surface area (Å²) in [5, 5.41) is 6.62. The molecule has 182 valence electrons. The van der Waals surface area contributed by atoms with E-state index in [4.69, 9.17) is 19.2 Å². The van der Waals surface area contributed by atoms with E-state index in [1.165, 1.54) is 0 Å². The molecule has 0 spiro atoms. The van der Waals surface area contributed by atoms with Crippen molar-refractivity contribution in [1.29, 1.82) is 0 Å². The number of hydrogen-bond acceptors (Lipinski definition) is 5. The van der Waals surface area contributed by atoms with Crippen molar-refractivity contribution in [2.75, 3.05) is 54.6 Å². The Labute approximate surface area is 209 Å². The van der Waals surface area contributed by atoms with E-state index in [9.17, 15) is 4.79 Å². The minimum Gasteiger partial charge on any atom is -0.496 e. The van der Waals surface area contributed by atoms with Crippen LogP contribution in [0.25, 0.3) is 0 Å². The van der Waals surface area contributed by atoms with Gasteiger partial charge in [0.05, 0.1) is 32.8 Å². The smallest absolute Gasteiger partial charge is 0.230 e. The fraction of sp³-hybridized carbons (Fsp3) is 0.652. The van der Waals surface area contributed by atoms with Crippen LogP contribution in [0.15, 0.2) is 23.2 Å². The monoisotopic (exact) mass is 562 g/mol. The second kappa shape index (κ2) is 14.3. The molecule has 2 rings (SSSR count). The average Bonchev–Trinajstić information content (AvgIpc) is 3.26. The van der Waals surface area contributed by atoms with Gasteiger partial charge in [-0.05, 0) is 26.2 Å². The van der Waals surface area contributed by atoms with Crippen molar-refractivity contribution in [3.63, 3.8) is 0 Å². The quantitative estimate of drug-likeness (QED) is 0.187. The molecule has 0 bridgehead atoms. The van der Waals surface area contributed by atoms with Gasteiger partial charge in [0.2, 0.25) is 5.91 Å². The van der Waals surface area contributed by atoms with E-state index in [1.54, 1.807) is 19.1 Å². The van der Waals surface area contributed by atoms with Crippen molar-refractivity contribution in [3.05, 3.63) is 18.2 Å². The van der Waals surface area contributed by atoms with Crippen LogP contribution in [-0.4, -0.2) is 71.3 Å². The van der Waals surface area contributed by atoms with Gasteiger partial charge in [-0.15, -0.1) is 24.0 Å². The van der Waals surface area contributed by atoms with Gasteiger partial charge in [-0.25, -0.2) is 0 Å². The molecule has 0 unspecified atom stereocenters. The first-order valence-corrected chi connectivity index (χ1v) is 11.0. The van der Waals surface area contributed by atoms with Crippen LogP contribution in [0.4, 0.5) is 0 Å². The van der Waals surface area contributed by atoms with Crippen LogP contribution in [0.2, 0.25) is 0 Å². The van der Waals surface area contributed by atoms with Crippen molar-refractivity contribution in [3.8, 4) is 17.2 Å².